The third-order valence-corrected chi connectivity index (χ3v) is 8.29. The fraction of sp³-hybridized carbons (Fsp3) is 0.419. The molecule has 10 nitrogen and oxygen atoms in total. The molecule has 1 amide bonds. The molecule has 3 heterocycles. The molecule has 1 aromatic heterocycles. The van der Waals surface area contributed by atoms with Crippen LogP contribution < -0.4 is 15.8 Å². The predicted molar refractivity (Wildman–Crippen MR) is 154 cm³/mol. The predicted octanol–water partition coefficient (Wildman–Crippen LogP) is 3.65. The van der Waals surface area contributed by atoms with Gasteiger partial charge in [-0.15, -0.1) is 0 Å². The summed E-state index contributed by atoms with van der Waals surface area (Å²) in [6.45, 7) is 2.67. The Kier molecular flexibility index (Phi) is 9.18. The van der Waals surface area contributed by atoms with E-state index in [4.69, 9.17) is 14.2 Å². The Balaban J connectivity index is 1.43. The quantitative estimate of drug-likeness (QED) is 0.305. The number of halogens is 5. The lowest BCUT2D eigenvalue weighted by Gasteiger charge is -2.38. The molecular weight excluding hydrogens is 619 g/mol. The minimum Gasteiger partial charge on any atom is -0.467 e. The zero-order valence-electron chi connectivity index (χ0n) is 25.4. The van der Waals surface area contributed by atoms with Crippen LogP contribution in [0, 0.1) is 25.5 Å². The van der Waals surface area contributed by atoms with Gasteiger partial charge in [-0.2, -0.15) is 13.2 Å². The van der Waals surface area contributed by atoms with Crippen molar-refractivity contribution in [3.05, 3.63) is 80.0 Å². The fourth-order valence-corrected chi connectivity index (χ4v) is 5.83. The van der Waals surface area contributed by atoms with E-state index < -0.39 is 59.6 Å². The van der Waals surface area contributed by atoms with E-state index >= 15 is 8.78 Å². The van der Waals surface area contributed by atoms with Crippen LogP contribution in [0.2, 0.25) is 0 Å². The zero-order valence-corrected chi connectivity index (χ0v) is 25.4. The smallest absolute Gasteiger partial charge is 0.411 e. The Bertz CT molecular complexity index is 1740. The van der Waals surface area contributed by atoms with Crippen molar-refractivity contribution in [2.24, 2.45) is 7.05 Å². The summed E-state index contributed by atoms with van der Waals surface area (Å²) in [7, 11) is 2.69. The van der Waals surface area contributed by atoms with Gasteiger partial charge in [-0.3, -0.25) is 14.2 Å². The van der Waals surface area contributed by atoms with Crippen LogP contribution in [0.4, 0.5) is 27.6 Å². The first-order valence-corrected chi connectivity index (χ1v) is 14.3. The van der Waals surface area contributed by atoms with Crippen molar-refractivity contribution in [1.29, 1.82) is 0 Å². The monoisotopic (exact) mass is 650 g/mol. The number of morpholine rings is 1. The van der Waals surface area contributed by atoms with Gasteiger partial charge in [0.1, 0.15) is 35.1 Å². The first-order valence-electron chi connectivity index (χ1n) is 14.3. The van der Waals surface area contributed by atoms with Crippen molar-refractivity contribution in [3.63, 3.8) is 0 Å². The molecule has 2 atom stereocenters. The highest BCUT2D eigenvalue weighted by atomic mass is 19.4. The molecule has 46 heavy (non-hydrogen) atoms. The van der Waals surface area contributed by atoms with E-state index in [1.54, 1.807) is 33.0 Å². The Hall–Kier alpha value is -4.37. The average Bonchev–Trinajstić information content (AvgIpc) is 3.50. The van der Waals surface area contributed by atoms with E-state index in [1.807, 2.05) is 0 Å². The number of carbonyl (C=O) groups excluding carboxylic acids is 2. The van der Waals surface area contributed by atoms with Gasteiger partial charge in [0, 0.05) is 25.7 Å². The summed E-state index contributed by atoms with van der Waals surface area (Å²) in [6, 6.07) is 1.11. The Morgan fingerprint density at radius 2 is 1.78 bits per heavy atom. The number of anilines is 1. The fourth-order valence-electron chi connectivity index (χ4n) is 5.83. The lowest BCUT2D eigenvalue weighted by atomic mass is 9.90. The second-order valence-electron chi connectivity index (χ2n) is 11.1. The van der Waals surface area contributed by atoms with Crippen molar-refractivity contribution in [3.8, 4) is 11.1 Å². The molecule has 0 saturated carbocycles. The number of nitrogens with zero attached hydrogens (tertiary/aromatic N) is 3. The number of esters is 1. The Morgan fingerprint density at radius 3 is 2.43 bits per heavy atom. The van der Waals surface area contributed by atoms with Crippen LogP contribution in [0.15, 0.2) is 29.1 Å². The number of amides is 1. The number of hydrogen-bond acceptors (Lipinski definition) is 8. The number of fused-ring (bicyclic) bond motifs is 1. The number of rotatable bonds is 7. The number of aromatic nitrogens is 2. The summed E-state index contributed by atoms with van der Waals surface area (Å²) in [6.07, 6.45) is -4.89. The highest BCUT2D eigenvalue weighted by Gasteiger charge is 2.46. The number of alkyl halides is 3. The van der Waals surface area contributed by atoms with Crippen molar-refractivity contribution in [1.82, 2.24) is 14.9 Å². The number of ether oxygens (including phenoxy) is 3. The number of carbonyl (C=O) groups is 2. The van der Waals surface area contributed by atoms with E-state index in [2.05, 4.69) is 10.3 Å². The largest absolute Gasteiger partial charge is 0.467 e. The van der Waals surface area contributed by atoms with Gasteiger partial charge < -0.3 is 24.4 Å². The van der Waals surface area contributed by atoms with Crippen LogP contribution in [0.3, 0.4) is 0 Å². The molecule has 2 aliphatic heterocycles. The molecule has 1 N–H and O–H groups in total. The number of benzene rings is 2. The summed E-state index contributed by atoms with van der Waals surface area (Å²) >= 11 is 0. The SMILES string of the molecule is COC(=O)[C@H](Cc1ccc(-c2c(C)nc(C)n(C)c2=O)c2c1COC2)NC(=O)c1c(F)cc(N2CCOC[C@@H]2C(F)(F)F)cc1F. The van der Waals surface area contributed by atoms with Crippen LogP contribution >= 0.6 is 0 Å². The first kappa shape index (κ1) is 33.0. The first-order chi connectivity index (χ1) is 21.7. The summed E-state index contributed by atoms with van der Waals surface area (Å²) in [4.78, 5) is 44.3. The lowest BCUT2D eigenvalue weighted by molar-refractivity contribution is -0.167. The van der Waals surface area contributed by atoms with Gasteiger partial charge in [-0.1, -0.05) is 12.1 Å². The molecule has 0 radical (unpaired) electrons. The van der Waals surface area contributed by atoms with E-state index in [-0.39, 0.29) is 38.3 Å². The number of methoxy groups -OCH3 is 1. The number of nitrogens with one attached hydrogen (secondary N) is 1. The topological polar surface area (TPSA) is 112 Å². The van der Waals surface area contributed by atoms with Gasteiger partial charge >= 0.3 is 12.1 Å². The normalized spacial score (nSPS) is 17.1. The van der Waals surface area contributed by atoms with Crippen molar-refractivity contribution in [2.45, 2.75) is 51.7 Å². The molecule has 0 unspecified atom stereocenters. The summed E-state index contributed by atoms with van der Waals surface area (Å²) in [5.41, 5.74) is 1.74. The van der Waals surface area contributed by atoms with Crippen molar-refractivity contribution < 1.29 is 45.8 Å². The van der Waals surface area contributed by atoms with Crippen molar-refractivity contribution >= 4 is 17.6 Å². The van der Waals surface area contributed by atoms with Crippen LogP contribution in [0.25, 0.3) is 11.1 Å². The van der Waals surface area contributed by atoms with Crippen LogP contribution in [0.5, 0.6) is 0 Å². The maximum Gasteiger partial charge on any atom is 0.411 e. The van der Waals surface area contributed by atoms with Crippen LogP contribution in [-0.4, -0.2) is 66.6 Å². The summed E-state index contributed by atoms with van der Waals surface area (Å²) in [5.74, 6) is -4.49. The minimum atomic E-state index is -4.73. The molecule has 246 valence electrons. The second-order valence-corrected chi connectivity index (χ2v) is 11.1. The van der Waals surface area contributed by atoms with E-state index in [0.29, 0.717) is 51.5 Å². The minimum absolute atomic E-state index is 0.0905. The molecule has 1 saturated heterocycles. The molecular formula is C31H31F5N4O6. The number of hydrogen-bond donors (Lipinski definition) is 1. The van der Waals surface area contributed by atoms with Crippen molar-refractivity contribution in [2.75, 3.05) is 31.8 Å². The van der Waals surface area contributed by atoms with Crippen LogP contribution in [-0.2, 0) is 45.7 Å². The lowest BCUT2D eigenvalue weighted by Crippen LogP contribution is -2.53. The maximum absolute atomic E-state index is 15.2. The highest BCUT2D eigenvalue weighted by Crippen LogP contribution is 2.35. The van der Waals surface area contributed by atoms with Gasteiger partial charge in [-0.05, 0) is 48.2 Å². The third-order valence-electron chi connectivity index (χ3n) is 8.29. The molecule has 2 aromatic carbocycles. The maximum atomic E-state index is 15.2. The standard InChI is InChI=1S/C31H31F5N4O6/c1-15-26(29(42)39(3)16(2)37-15)19-6-5-17(20-12-46-13-21(19)20)9-24(30(43)44-4)38-28(41)27-22(32)10-18(11-23(27)33)40-7-8-45-14-25(40)31(34,35)36/h5-6,10-11,24-25H,7-9,12-14H2,1-4H3,(H,38,41)/t24-,25+/m0/s1. The van der Waals surface area contributed by atoms with Gasteiger partial charge in [0.05, 0.1) is 44.8 Å². The van der Waals surface area contributed by atoms with Gasteiger partial charge in [-0.25, -0.2) is 18.6 Å². The van der Waals surface area contributed by atoms with E-state index in [1.165, 1.54) is 4.57 Å². The molecule has 0 bridgehead atoms. The van der Waals surface area contributed by atoms with E-state index in [9.17, 15) is 27.6 Å². The van der Waals surface area contributed by atoms with Crippen LogP contribution in [0.1, 0.15) is 38.6 Å². The van der Waals surface area contributed by atoms with Gasteiger partial charge in [0.2, 0.25) is 0 Å². The highest BCUT2D eigenvalue weighted by molar-refractivity contribution is 5.97. The summed E-state index contributed by atoms with van der Waals surface area (Å²) < 4.78 is 87.8. The molecule has 0 spiro atoms. The Morgan fingerprint density at radius 1 is 1.11 bits per heavy atom. The van der Waals surface area contributed by atoms with Gasteiger partial charge in [0.25, 0.3) is 11.5 Å². The zero-order chi connectivity index (χ0) is 33.5. The summed E-state index contributed by atoms with van der Waals surface area (Å²) in [5, 5.41) is 2.30. The molecule has 2 aliphatic rings. The molecule has 5 rings (SSSR count). The second kappa shape index (κ2) is 12.8. The molecule has 15 heteroatoms. The third kappa shape index (κ3) is 6.20. The Labute approximate surface area is 260 Å². The molecule has 1 fully saturated rings. The average molecular weight is 651 g/mol. The molecule has 3 aromatic rings. The van der Waals surface area contributed by atoms with E-state index in [0.717, 1.165) is 12.0 Å². The molecule has 0 aliphatic carbocycles. The number of aryl methyl sites for hydroxylation is 2. The van der Waals surface area contributed by atoms with Gasteiger partial charge in [0.15, 0.2) is 0 Å².